The summed E-state index contributed by atoms with van der Waals surface area (Å²) in [6, 6.07) is 10.4. The van der Waals surface area contributed by atoms with Gasteiger partial charge in [-0.25, -0.2) is 0 Å². The number of thiophene rings is 1. The van der Waals surface area contributed by atoms with Crippen LogP contribution in [0.4, 0.5) is 5.69 Å². The molecule has 94 valence electrons. The highest BCUT2D eigenvalue weighted by molar-refractivity contribution is 7.80. The Hall–Kier alpha value is -1.39. The van der Waals surface area contributed by atoms with Crippen LogP contribution in [0.25, 0.3) is 0 Å². The van der Waals surface area contributed by atoms with Gasteiger partial charge in [0.2, 0.25) is 0 Å². The average molecular weight is 276 g/mol. The van der Waals surface area contributed by atoms with Crippen LogP contribution in [-0.4, -0.2) is 5.11 Å². The van der Waals surface area contributed by atoms with Crippen molar-refractivity contribution >= 4 is 34.4 Å². The summed E-state index contributed by atoms with van der Waals surface area (Å²) >= 11 is 6.99. The largest absolute Gasteiger partial charge is 0.358 e. The Labute approximate surface area is 117 Å². The molecule has 0 bridgehead atoms. The summed E-state index contributed by atoms with van der Waals surface area (Å²) in [7, 11) is 0. The highest BCUT2D eigenvalue weighted by Crippen LogP contribution is 2.14. The van der Waals surface area contributed by atoms with Crippen LogP contribution in [0.15, 0.2) is 35.7 Å². The van der Waals surface area contributed by atoms with Crippen LogP contribution in [0, 0.1) is 13.8 Å². The quantitative estimate of drug-likeness (QED) is 0.833. The minimum absolute atomic E-state index is 0.659. The van der Waals surface area contributed by atoms with E-state index in [1.165, 1.54) is 16.0 Å². The third-order valence-corrected chi connectivity index (χ3v) is 3.89. The molecule has 0 unspecified atom stereocenters. The molecule has 0 radical (unpaired) electrons. The van der Waals surface area contributed by atoms with Crippen molar-refractivity contribution in [3.63, 3.8) is 0 Å². The summed E-state index contributed by atoms with van der Waals surface area (Å²) in [5.41, 5.74) is 3.58. The molecule has 0 spiro atoms. The van der Waals surface area contributed by atoms with Crippen LogP contribution in [-0.2, 0) is 6.54 Å². The maximum atomic E-state index is 5.27. The number of hydrogen-bond donors (Lipinski definition) is 2. The van der Waals surface area contributed by atoms with E-state index in [1.54, 1.807) is 11.3 Å². The Morgan fingerprint density at radius 3 is 2.72 bits per heavy atom. The van der Waals surface area contributed by atoms with Crippen LogP contribution in [0.5, 0.6) is 0 Å². The normalized spacial score (nSPS) is 10.1. The molecule has 4 heteroatoms. The number of anilines is 1. The lowest BCUT2D eigenvalue weighted by atomic mass is 10.1. The predicted molar refractivity (Wildman–Crippen MR) is 83.3 cm³/mol. The molecular formula is C14H16N2S2. The molecule has 1 aromatic heterocycles. The lowest BCUT2D eigenvalue weighted by Crippen LogP contribution is -2.27. The topological polar surface area (TPSA) is 24.1 Å². The first-order valence-electron chi connectivity index (χ1n) is 5.79. The van der Waals surface area contributed by atoms with Crippen LogP contribution < -0.4 is 10.6 Å². The van der Waals surface area contributed by atoms with Gasteiger partial charge >= 0.3 is 0 Å². The van der Waals surface area contributed by atoms with Gasteiger partial charge in [-0.05, 0) is 60.8 Å². The van der Waals surface area contributed by atoms with Crippen molar-refractivity contribution in [2.24, 2.45) is 0 Å². The highest BCUT2D eigenvalue weighted by atomic mass is 32.1. The zero-order chi connectivity index (χ0) is 13.0. The zero-order valence-electron chi connectivity index (χ0n) is 10.5. The monoisotopic (exact) mass is 276 g/mol. The Morgan fingerprint density at radius 1 is 1.22 bits per heavy atom. The molecule has 2 aromatic rings. The Morgan fingerprint density at radius 2 is 2.06 bits per heavy atom. The van der Waals surface area contributed by atoms with Crippen molar-refractivity contribution in [3.8, 4) is 0 Å². The van der Waals surface area contributed by atoms with Gasteiger partial charge in [0.1, 0.15) is 0 Å². The van der Waals surface area contributed by atoms with Gasteiger partial charge in [0.15, 0.2) is 5.11 Å². The standard InChI is InChI=1S/C14H16N2S2/c1-10-5-6-12(8-11(10)2)16-14(17)15-9-13-4-3-7-18-13/h3-8H,9H2,1-2H3,(H2,15,16,17). The first-order chi connectivity index (χ1) is 8.65. The molecule has 18 heavy (non-hydrogen) atoms. The Bertz CT molecular complexity index is 533. The second-order valence-electron chi connectivity index (χ2n) is 4.19. The number of aryl methyl sites for hydroxylation is 2. The molecule has 2 rings (SSSR count). The molecule has 0 aliphatic rings. The number of rotatable bonds is 3. The van der Waals surface area contributed by atoms with E-state index in [-0.39, 0.29) is 0 Å². The summed E-state index contributed by atoms with van der Waals surface area (Å²) < 4.78 is 0. The van der Waals surface area contributed by atoms with E-state index in [2.05, 4.69) is 48.1 Å². The van der Waals surface area contributed by atoms with E-state index in [9.17, 15) is 0 Å². The summed E-state index contributed by atoms with van der Waals surface area (Å²) in [6.45, 7) is 4.98. The lowest BCUT2D eigenvalue weighted by Gasteiger charge is -2.11. The number of nitrogens with one attached hydrogen (secondary N) is 2. The van der Waals surface area contributed by atoms with Crippen molar-refractivity contribution in [1.82, 2.24) is 5.32 Å². The third-order valence-electron chi connectivity index (χ3n) is 2.77. The minimum Gasteiger partial charge on any atom is -0.358 e. The summed E-state index contributed by atoms with van der Waals surface area (Å²) in [5, 5.41) is 9.12. The second kappa shape index (κ2) is 5.98. The maximum absolute atomic E-state index is 5.27. The molecule has 1 heterocycles. The van der Waals surface area contributed by atoms with Crippen molar-refractivity contribution in [2.75, 3.05) is 5.32 Å². The summed E-state index contributed by atoms with van der Waals surface area (Å²) in [5.74, 6) is 0. The number of thiocarbonyl (C=S) groups is 1. The van der Waals surface area contributed by atoms with Crippen molar-refractivity contribution in [1.29, 1.82) is 0 Å². The van der Waals surface area contributed by atoms with Crippen molar-refractivity contribution in [2.45, 2.75) is 20.4 Å². The maximum Gasteiger partial charge on any atom is 0.171 e. The SMILES string of the molecule is Cc1ccc(NC(=S)NCc2cccs2)cc1C. The summed E-state index contributed by atoms with van der Waals surface area (Å²) in [6.07, 6.45) is 0. The Kier molecular flexibility index (Phi) is 4.33. The Balaban J connectivity index is 1.88. The molecule has 0 amide bonds. The van der Waals surface area contributed by atoms with E-state index >= 15 is 0 Å². The number of benzene rings is 1. The van der Waals surface area contributed by atoms with Gasteiger partial charge in [-0.2, -0.15) is 0 Å². The van der Waals surface area contributed by atoms with Crippen LogP contribution >= 0.6 is 23.6 Å². The molecule has 1 aromatic carbocycles. The molecule has 0 atom stereocenters. The van der Waals surface area contributed by atoms with Gasteiger partial charge < -0.3 is 10.6 Å². The van der Waals surface area contributed by atoms with E-state index in [4.69, 9.17) is 12.2 Å². The fourth-order valence-corrected chi connectivity index (χ4v) is 2.41. The van der Waals surface area contributed by atoms with Gasteiger partial charge in [0.05, 0.1) is 6.54 Å². The van der Waals surface area contributed by atoms with Gasteiger partial charge in [-0.1, -0.05) is 12.1 Å². The second-order valence-corrected chi connectivity index (χ2v) is 5.63. The fraction of sp³-hybridized carbons (Fsp3) is 0.214. The molecular weight excluding hydrogens is 260 g/mol. The molecule has 2 N–H and O–H groups in total. The van der Waals surface area contributed by atoms with Crippen LogP contribution in [0.1, 0.15) is 16.0 Å². The molecule has 0 fully saturated rings. The highest BCUT2D eigenvalue weighted by Gasteiger charge is 2.00. The van der Waals surface area contributed by atoms with E-state index in [0.717, 1.165) is 12.2 Å². The lowest BCUT2D eigenvalue weighted by molar-refractivity contribution is 0.946. The van der Waals surface area contributed by atoms with Gasteiger partial charge in [-0.15, -0.1) is 11.3 Å². The molecule has 0 saturated carbocycles. The van der Waals surface area contributed by atoms with Gasteiger partial charge in [0.25, 0.3) is 0 Å². The van der Waals surface area contributed by atoms with Crippen LogP contribution in [0.2, 0.25) is 0 Å². The third kappa shape index (κ3) is 3.55. The number of hydrogen-bond acceptors (Lipinski definition) is 2. The molecule has 0 saturated heterocycles. The van der Waals surface area contributed by atoms with Crippen molar-refractivity contribution in [3.05, 3.63) is 51.7 Å². The fourth-order valence-electron chi connectivity index (χ4n) is 1.58. The molecule has 0 aliphatic heterocycles. The molecule has 2 nitrogen and oxygen atoms in total. The van der Waals surface area contributed by atoms with Crippen LogP contribution in [0.3, 0.4) is 0 Å². The average Bonchev–Trinajstić information content (AvgIpc) is 2.84. The first kappa shape index (κ1) is 13.1. The first-order valence-corrected chi connectivity index (χ1v) is 7.08. The smallest absolute Gasteiger partial charge is 0.171 e. The van der Waals surface area contributed by atoms with E-state index in [0.29, 0.717) is 5.11 Å². The van der Waals surface area contributed by atoms with E-state index in [1.807, 2.05) is 12.1 Å². The van der Waals surface area contributed by atoms with E-state index < -0.39 is 0 Å². The summed E-state index contributed by atoms with van der Waals surface area (Å²) in [4.78, 5) is 1.28. The van der Waals surface area contributed by atoms with Gasteiger partial charge in [-0.3, -0.25) is 0 Å². The van der Waals surface area contributed by atoms with Crippen molar-refractivity contribution < 1.29 is 0 Å². The zero-order valence-corrected chi connectivity index (χ0v) is 12.1. The van der Waals surface area contributed by atoms with Gasteiger partial charge in [0, 0.05) is 10.6 Å². The predicted octanol–water partition coefficient (Wildman–Crippen LogP) is 3.85. The minimum atomic E-state index is 0.659. The molecule has 0 aliphatic carbocycles.